The summed E-state index contributed by atoms with van der Waals surface area (Å²) < 4.78 is 0. The van der Waals surface area contributed by atoms with E-state index in [2.05, 4.69) is 10.5 Å². The minimum absolute atomic E-state index is 0.0276. The lowest BCUT2D eigenvalue weighted by Gasteiger charge is -2.15. The van der Waals surface area contributed by atoms with Crippen molar-refractivity contribution in [3.63, 3.8) is 0 Å². The van der Waals surface area contributed by atoms with Gasteiger partial charge < -0.3 is 4.90 Å². The standard InChI is InChI=1S/C19H22N4O3S/c1-14(27-13-15-7-5-4-6-8-15)19(24)21-20-12-16-11-17(23(25)26)9-10-18(16)22(2)3/h4-12,14H,13H2,1-3H3,(H,21,24)/b20-12-/t14-/m1/s1. The highest BCUT2D eigenvalue weighted by molar-refractivity contribution is 7.99. The van der Waals surface area contributed by atoms with Crippen LogP contribution in [0.3, 0.4) is 0 Å². The van der Waals surface area contributed by atoms with Crippen LogP contribution in [0.1, 0.15) is 18.1 Å². The Bertz CT molecular complexity index is 825. The number of carbonyl (C=O) groups excluding carboxylic acids is 1. The molecule has 1 amide bonds. The first-order chi connectivity index (χ1) is 12.9. The molecule has 0 spiro atoms. The molecular formula is C19H22N4O3S. The van der Waals surface area contributed by atoms with Gasteiger partial charge in [-0.3, -0.25) is 14.9 Å². The van der Waals surface area contributed by atoms with Crippen LogP contribution < -0.4 is 10.3 Å². The van der Waals surface area contributed by atoms with Crippen molar-refractivity contribution < 1.29 is 9.72 Å². The van der Waals surface area contributed by atoms with Crippen LogP contribution in [0.25, 0.3) is 0 Å². The van der Waals surface area contributed by atoms with Crippen LogP contribution in [-0.2, 0) is 10.5 Å². The van der Waals surface area contributed by atoms with Crippen molar-refractivity contribution in [1.82, 2.24) is 5.43 Å². The van der Waals surface area contributed by atoms with E-state index in [-0.39, 0.29) is 16.8 Å². The van der Waals surface area contributed by atoms with Crippen molar-refractivity contribution in [2.75, 3.05) is 19.0 Å². The summed E-state index contributed by atoms with van der Waals surface area (Å²) in [6.07, 6.45) is 1.43. The average Bonchev–Trinajstić information content (AvgIpc) is 2.66. The molecule has 0 fully saturated rings. The van der Waals surface area contributed by atoms with E-state index < -0.39 is 4.92 Å². The molecule has 27 heavy (non-hydrogen) atoms. The van der Waals surface area contributed by atoms with E-state index in [0.717, 1.165) is 17.0 Å². The van der Waals surface area contributed by atoms with Gasteiger partial charge in [-0.1, -0.05) is 30.3 Å². The van der Waals surface area contributed by atoms with E-state index in [4.69, 9.17) is 0 Å². The number of non-ortho nitro benzene ring substituents is 1. The third-order valence-electron chi connectivity index (χ3n) is 3.79. The van der Waals surface area contributed by atoms with Crippen LogP contribution in [0.5, 0.6) is 0 Å². The van der Waals surface area contributed by atoms with Crippen LogP contribution in [0.2, 0.25) is 0 Å². The number of nitrogens with zero attached hydrogens (tertiary/aromatic N) is 3. The summed E-state index contributed by atoms with van der Waals surface area (Å²) >= 11 is 1.51. The van der Waals surface area contributed by atoms with Crippen molar-refractivity contribution in [3.05, 3.63) is 69.8 Å². The maximum atomic E-state index is 12.2. The molecular weight excluding hydrogens is 364 g/mol. The summed E-state index contributed by atoms with van der Waals surface area (Å²) in [5.74, 6) is 0.512. The SMILES string of the molecule is C[C@@H](SCc1ccccc1)C(=O)N/N=C\c1cc([N+](=O)[O-])ccc1N(C)C. The fourth-order valence-electron chi connectivity index (χ4n) is 2.29. The largest absolute Gasteiger partial charge is 0.377 e. The molecule has 0 aliphatic carbocycles. The van der Waals surface area contributed by atoms with Crippen molar-refractivity contribution in [1.29, 1.82) is 0 Å². The number of nitrogens with one attached hydrogen (secondary N) is 1. The van der Waals surface area contributed by atoms with Crippen molar-refractivity contribution in [2.24, 2.45) is 5.10 Å². The molecule has 0 bridgehead atoms. The van der Waals surface area contributed by atoms with E-state index in [1.807, 2.05) is 56.3 Å². The molecule has 0 saturated heterocycles. The number of thioether (sulfide) groups is 1. The fourth-order valence-corrected chi connectivity index (χ4v) is 3.13. The number of rotatable bonds is 8. The second kappa shape index (κ2) is 9.72. The van der Waals surface area contributed by atoms with Gasteiger partial charge in [0.15, 0.2) is 0 Å². The van der Waals surface area contributed by atoms with Crippen LogP contribution in [0.4, 0.5) is 11.4 Å². The summed E-state index contributed by atoms with van der Waals surface area (Å²) in [5.41, 5.74) is 4.95. The van der Waals surface area contributed by atoms with Gasteiger partial charge in [0, 0.05) is 43.2 Å². The molecule has 7 nitrogen and oxygen atoms in total. The minimum Gasteiger partial charge on any atom is -0.377 e. The Balaban J connectivity index is 1.98. The Hall–Kier alpha value is -2.87. The number of hydrogen-bond acceptors (Lipinski definition) is 6. The molecule has 2 rings (SSSR count). The lowest BCUT2D eigenvalue weighted by Crippen LogP contribution is -2.27. The Morgan fingerprint density at radius 1 is 1.30 bits per heavy atom. The summed E-state index contributed by atoms with van der Waals surface area (Å²) in [6.45, 7) is 1.82. The number of carbonyl (C=O) groups is 1. The highest BCUT2D eigenvalue weighted by atomic mass is 32.2. The topological polar surface area (TPSA) is 87.8 Å². The Kier molecular flexibility index (Phi) is 7.36. The Morgan fingerprint density at radius 2 is 2.00 bits per heavy atom. The van der Waals surface area contributed by atoms with Gasteiger partial charge in [0.25, 0.3) is 11.6 Å². The number of hydrazone groups is 1. The fraction of sp³-hybridized carbons (Fsp3) is 0.263. The van der Waals surface area contributed by atoms with Gasteiger partial charge in [-0.15, -0.1) is 11.8 Å². The molecule has 1 atom stereocenters. The number of amides is 1. The van der Waals surface area contributed by atoms with Crippen molar-refractivity contribution in [3.8, 4) is 0 Å². The van der Waals surface area contributed by atoms with Crippen LogP contribution in [-0.4, -0.2) is 36.4 Å². The number of hydrogen-bond donors (Lipinski definition) is 1. The third kappa shape index (κ3) is 6.10. The van der Waals surface area contributed by atoms with Gasteiger partial charge >= 0.3 is 0 Å². The van der Waals surface area contributed by atoms with Crippen molar-refractivity contribution in [2.45, 2.75) is 17.9 Å². The first kappa shape index (κ1) is 20.4. The zero-order valence-electron chi connectivity index (χ0n) is 15.5. The third-order valence-corrected chi connectivity index (χ3v) is 5.01. The molecule has 0 aromatic heterocycles. The summed E-state index contributed by atoms with van der Waals surface area (Å²) in [7, 11) is 3.67. The molecule has 0 radical (unpaired) electrons. The molecule has 142 valence electrons. The summed E-state index contributed by atoms with van der Waals surface area (Å²) in [5, 5.41) is 14.7. The van der Waals surface area contributed by atoms with E-state index in [0.29, 0.717) is 5.56 Å². The highest BCUT2D eigenvalue weighted by Gasteiger charge is 2.14. The first-order valence-electron chi connectivity index (χ1n) is 8.32. The monoisotopic (exact) mass is 386 g/mol. The van der Waals surface area contributed by atoms with Gasteiger partial charge in [-0.05, 0) is 18.6 Å². The van der Waals surface area contributed by atoms with Crippen LogP contribution in [0, 0.1) is 10.1 Å². The molecule has 0 unspecified atom stereocenters. The number of nitro benzene ring substituents is 1. The summed E-state index contributed by atoms with van der Waals surface area (Å²) in [4.78, 5) is 24.5. The van der Waals surface area contributed by atoms with Crippen LogP contribution in [0.15, 0.2) is 53.6 Å². The van der Waals surface area contributed by atoms with Gasteiger partial charge in [-0.2, -0.15) is 5.10 Å². The van der Waals surface area contributed by atoms with E-state index in [1.54, 1.807) is 6.07 Å². The maximum Gasteiger partial charge on any atom is 0.270 e. The van der Waals surface area contributed by atoms with Crippen molar-refractivity contribution >= 4 is 35.3 Å². The Labute approximate surface area is 162 Å². The predicted molar refractivity (Wildman–Crippen MR) is 110 cm³/mol. The number of anilines is 1. The predicted octanol–water partition coefficient (Wildman–Crippen LogP) is 3.43. The molecule has 0 aliphatic rings. The van der Waals surface area contributed by atoms with Gasteiger partial charge in [-0.25, -0.2) is 5.43 Å². The normalized spacial score (nSPS) is 12.0. The van der Waals surface area contributed by atoms with E-state index >= 15 is 0 Å². The molecule has 0 saturated carbocycles. The highest BCUT2D eigenvalue weighted by Crippen LogP contribution is 2.22. The smallest absolute Gasteiger partial charge is 0.270 e. The molecule has 0 aliphatic heterocycles. The minimum atomic E-state index is -0.461. The quantitative estimate of drug-likeness (QED) is 0.427. The zero-order chi connectivity index (χ0) is 19.8. The van der Waals surface area contributed by atoms with Crippen LogP contribution >= 0.6 is 11.8 Å². The van der Waals surface area contributed by atoms with Gasteiger partial charge in [0.2, 0.25) is 0 Å². The molecule has 2 aromatic carbocycles. The van der Waals surface area contributed by atoms with E-state index in [1.165, 1.54) is 30.1 Å². The second-order valence-corrected chi connectivity index (χ2v) is 7.40. The van der Waals surface area contributed by atoms with E-state index in [9.17, 15) is 14.9 Å². The maximum absolute atomic E-state index is 12.2. The number of nitro groups is 1. The number of benzene rings is 2. The zero-order valence-corrected chi connectivity index (χ0v) is 16.3. The lowest BCUT2D eigenvalue weighted by atomic mass is 10.1. The second-order valence-electron chi connectivity index (χ2n) is 6.07. The molecule has 2 aromatic rings. The first-order valence-corrected chi connectivity index (χ1v) is 9.37. The molecule has 0 heterocycles. The molecule has 8 heteroatoms. The summed E-state index contributed by atoms with van der Waals surface area (Å²) in [6, 6.07) is 14.4. The van der Waals surface area contributed by atoms with Gasteiger partial charge in [0.05, 0.1) is 16.4 Å². The lowest BCUT2D eigenvalue weighted by molar-refractivity contribution is -0.384. The van der Waals surface area contributed by atoms with Gasteiger partial charge in [0.1, 0.15) is 0 Å². The Morgan fingerprint density at radius 3 is 2.63 bits per heavy atom. The average molecular weight is 386 g/mol. The molecule has 1 N–H and O–H groups in total.